The van der Waals surface area contributed by atoms with Crippen LogP contribution in [0.5, 0.6) is 5.75 Å². The van der Waals surface area contributed by atoms with Crippen molar-refractivity contribution in [1.29, 1.82) is 0 Å². The van der Waals surface area contributed by atoms with Crippen LogP contribution >= 0.6 is 0 Å². The number of anilines is 1. The Morgan fingerprint density at radius 1 is 0.667 bits per heavy atom. The van der Waals surface area contributed by atoms with Crippen molar-refractivity contribution in [3.05, 3.63) is 171 Å². The topological polar surface area (TPSA) is 75.9 Å². The number of fused-ring (bicyclic) bond motifs is 1. The summed E-state index contributed by atoms with van der Waals surface area (Å²) in [6.45, 7) is 1.29. The largest absolute Gasteiger partial charge is 0.489 e. The molecule has 0 fully saturated rings. The second-order valence-corrected chi connectivity index (χ2v) is 10.2. The van der Waals surface area contributed by atoms with Gasteiger partial charge in [0.2, 0.25) is 0 Å². The highest BCUT2D eigenvalue weighted by molar-refractivity contribution is 6.02. The number of benzene rings is 5. The minimum atomic E-state index is -0.463. The molecule has 0 aromatic heterocycles. The van der Waals surface area contributed by atoms with Crippen LogP contribution < -0.4 is 9.64 Å². The number of nitro benzene ring substituents is 1. The maximum Gasteiger partial charge on any atom is 0.270 e. The van der Waals surface area contributed by atoms with Crippen LogP contribution in [0, 0.1) is 10.1 Å². The van der Waals surface area contributed by atoms with Crippen molar-refractivity contribution in [1.82, 2.24) is 4.90 Å². The lowest BCUT2D eigenvalue weighted by Crippen LogP contribution is -2.48. The normalized spacial score (nSPS) is 14.4. The molecule has 0 bridgehead atoms. The molecular formula is C35H29N3O4. The van der Waals surface area contributed by atoms with E-state index in [0.29, 0.717) is 30.9 Å². The average molecular weight is 556 g/mol. The molecule has 1 amide bonds. The first-order valence-corrected chi connectivity index (χ1v) is 13.8. The summed E-state index contributed by atoms with van der Waals surface area (Å²) in [5, 5.41) is 11.7. The predicted octanol–water partition coefficient (Wildman–Crippen LogP) is 7.54. The summed E-state index contributed by atoms with van der Waals surface area (Å²) in [6.07, 6.45) is -0.463. The lowest BCUT2D eigenvalue weighted by Gasteiger charge is -2.46. The molecule has 0 aliphatic carbocycles. The van der Waals surface area contributed by atoms with E-state index in [1.165, 1.54) is 12.1 Å². The number of nitro groups is 1. The lowest BCUT2D eigenvalue weighted by atomic mass is 9.98. The first kappa shape index (κ1) is 26.8. The molecule has 5 aromatic carbocycles. The van der Waals surface area contributed by atoms with E-state index in [0.717, 1.165) is 28.0 Å². The Morgan fingerprint density at radius 2 is 1.21 bits per heavy atom. The fourth-order valence-electron chi connectivity index (χ4n) is 5.35. The van der Waals surface area contributed by atoms with Gasteiger partial charge in [0.1, 0.15) is 18.5 Å². The molecule has 0 radical (unpaired) electrons. The van der Waals surface area contributed by atoms with Gasteiger partial charge in [-0.15, -0.1) is 0 Å². The summed E-state index contributed by atoms with van der Waals surface area (Å²) in [7, 11) is 0. The Labute approximate surface area is 244 Å². The molecule has 1 heterocycles. The molecule has 0 saturated heterocycles. The summed E-state index contributed by atoms with van der Waals surface area (Å²) in [4.78, 5) is 29.3. The third-order valence-corrected chi connectivity index (χ3v) is 7.40. The van der Waals surface area contributed by atoms with E-state index < -0.39 is 11.1 Å². The number of carbonyl (C=O) groups excluding carboxylic acids is 1. The van der Waals surface area contributed by atoms with Crippen LogP contribution in [0.25, 0.3) is 0 Å². The van der Waals surface area contributed by atoms with Gasteiger partial charge in [0, 0.05) is 25.2 Å². The number of amides is 1. The van der Waals surface area contributed by atoms with Gasteiger partial charge in [-0.05, 0) is 40.5 Å². The average Bonchev–Trinajstić information content (AvgIpc) is 3.04. The molecule has 0 spiro atoms. The van der Waals surface area contributed by atoms with Gasteiger partial charge < -0.3 is 14.5 Å². The van der Waals surface area contributed by atoms with Gasteiger partial charge in [-0.25, -0.2) is 0 Å². The molecule has 0 N–H and O–H groups in total. The highest BCUT2D eigenvalue weighted by Gasteiger charge is 2.39. The molecule has 42 heavy (non-hydrogen) atoms. The van der Waals surface area contributed by atoms with E-state index >= 15 is 0 Å². The number of rotatable bonds is 9. The predicted molar refractivity (Wildman–Crippen MR) is 162 cm³/mol. The molecule has 0 unspecified atom stereocenters. The van der Waals surface area contributed by atoms with Crippen LogP contribution in [0.15, 0.2) is 133 Å². The monoisotopic (exact) mass is 555 g/mol. The van der Waals surface area contributed by atoms with Crippen LogP contribution in [-0.2, 0) is 19.7 Å². The maximum absolute atomic E-state index is 14.2. The summed E-state index contributed by atoms with van der Waals surface area (Å²) in [5.74, 6) is 0.473. The van der Waals surface area contributed by atoms with Crippen LogP contribution in [0.2, 0.25) is 0 Å². The Kier molecular flexibility index (Phi) is 7.64. The highest BCUT2D eigenvalue weighted by Crippen LogP contribution is 2.42. The third kappa shape index (κ3) is 5.71. The van der Waals surface area contributed by atoms with Gasteiger partial charge in [0.15, 0.2) is 0 Å². The highest BCUT2D eigenvalue weighted by atomic mass is 16.6. The Hall–Kier alpha value is -5.43. The molecule has 6 rings (SSSR count). The maximum atomic E-state index is 14.2. The van der Waals surface area contributed by atoms with Crippen LogP contribution in [-0.4, -0.2) is 15.7 Å². The Morgan fingerprint density at radius 3 is 1.79 bits per heavy atom. The number of ether oxygens (including phenoxy) is 1. The van der Waals surface area contributed by atoms with E-state index in [2.05, 4.69) is 4.90 Å². The molecule has 7 heteroatoms. The molecule has 1 aliphatic rings. The van der Waals surface area contributed by atoms with E-state index in [-0.39, 0.29) is 11.6 Å². The van der Waals surface area contributed by atoms with Gasteiger partial charge in [0.05, 0.1) is 16.2 Å². The van der Waals surface area contributed by atoms with Crippen molar-refractivity contribution in [2.45, 2.75) is 25.9 Å². The quantitative estimate of drug-likeness (QED) is 0.139. The number of hydrogen-bond donors (Lipinski definition) is 0. The first-order valence-electron chi connectivity index (χ1n) is 13.8. The third-order valence-electron chi connectivity index (χ3n) is 7.40. The van der Waals surface area contributed by atoms with E-state index in [4.69, 9.17) is 4.74 Å². The van der Waals surface area contributed by atoms with Gasteiger partial charge in [-0.2, -0.15) is 0 Å². The van der Waals surface area contributed by atoms with E-state index in [1.54, 1.807) is 11.0 Å². The van der Waals surface area contributed by atoms with E-state index in [1.807, 2.05) is 115 Å². The van der Waals surface area contributed by atoms with Crippen LogP contribution in [0.3, 0.4) is 0 Å². The fraction of sp³-hybridized carbons (Fsp3) is 0.114. The van der Waals surface area contributed by atoms with Crippen molar-refractivity contribution < 1.29 is 14.5 Å². The number of hydrogen-bond acceptors (Lipinski definition) is 5. The second kappa shape index (κ2) is 12.0. The van der Waals surface area contributed by atoms with Gasteiger partial charge in [0.25, 0.3) is 11.6 Å². The van der Waals surface area contributed by atoms with Crippen molar-refractivity contribution in [3.63, 3.8) is 0 Å². The molecule has 5 aromatic rings. The zero-order chi connectivity index (χ0) is 28.9. The summed E-state index contributed by atoms with van der Waals surface area (Å²) in [6, 6.07) is 42.2. The minimum absolute atomic E-state index is 0.111. The number of carbonyl (C=O) groups is 1. The number of non-ortho nitro benzene ring substituents is 1. The smallest absolute Gasteiger partial charge is 0.270 e. The van der Waals surface area contributed by atoms with Crippen LogP contribution in [0.4, 0.5) is 11.4 Å². The van der Waals surface area contributed by atoms with E-state index in [9.17, 15) is 14.9 Å². The Balaban J connectivity index is 1.42. The Bertz CT molecular complexity index is 1680. The molecule has 7 nitrogen and oxygen atoms in total. The van der Waals surface area contributed by atoms with Crippen LogP contribution in [0.1, 0.15) is 38.8 Å². The zero-order valence-electron chi connectivity index (χ0n) is 22.9. The molecule has 208 valence electrons. The minimum Gasteiger partial charge on any atom is -0.489 e. The molecule has 0 saturated carbocycles. The van der Waals surface area contributed by atoms with Crippen molar-refractivity contribution >= 4 is 17.3 Å². The SMILES string of the molecule is O=C1c2cc([N+](=O)[O-])ccc2N(Cc2ccccc2)[C@H](c2ccc(OCc3ccccc3)cc2)N1Cc1ccccc1. The summed E-state index contributed by atoms with van der Waals surface area (Å²) < 4.78 is 6.03. The molecular weight excluding hydrogens is 526 g/mol. The first-order chi connectivity index (χ1) is 20.6. The summed E-state index contributed by atoms with van der Waals surface area (Å²) >= 11 is 0. The lowest BCUT2D eigenvalue weighted by molar-refractivity contribution is -0.384. The zero-order valence-corrected chi connectivity index (χ0v) is 22.9. The second-order valence-electron chi connectivity index (χ2n) is 10.2. The molecule has 1 atom stereocenters. The summed E-state index contributed by atoms with van der Waals surface area (Å²) in [5.41, 5.74) is 4.87. The van der Waals surface area contributed by atoms with Gasteiger partial charge in [-0.1, -0.05) is 103 Å². The van der Waals surface area contributed by atoms with Gasteiger partial charge in [-0.3, -0.25) is 14.9 Å². The standard InChI is InChI=1S/C35H29N3O4/c39-35-32-22-30(38(40)41)18-21-33(32)36(23-26-10-4-1-5-11-26)34(37(35)24-27-12-6-2-7-13-27)29-16-19-31(20-17-29)42-25-28-14-8-3-9-15-28/h1-22,34H,23-25H2/t34-/m0/s1. The van der Waals surface area contributed by atoms with Crippen molar-refractivity contribution in [2.24, 2.45) is 0 Å². The van der Waals surface area contributed by atoms with Crippen molar-refractivity contribution in [3.8, 4) is 5.75 Å². The van der Waals surface area contributed by atoms with Crippen molar-refractivity contribution in [2.75, 3.05) is 4.90 Å². The van der Waals surface area contributed by atoms with Gasteiger partial charge >= 0.3 is 0 Å². The number of nitrogens with zero attached hydrogens (tertiary/aromatic N) is 3. The molecule has 1 aliphatic heterocycles. The fourth-order valence-corrected chi connectivity index (χ4v) is 5.35.